The van der Waals surface area contributed by atoms with E-state index < -0.39 is 29.9 Å². The van der Waals surface area contributed by atoms with Crippen molar-refractivity contribution < 1.29 is 23.9 Å². The molecule has 4 aromatic rings. The van der Waals surface area contributed by atoms with Gasteiger partial charge in [0.2, 0.25) is 5.91 Å². The van der Waals surface area contributed by atoms with Crippen molar-refractivity contribution in [3.8, 4) is 11.1 Å². The third-order valence-corrected chi connectivity index (χ3v) is 8.64. The van der Waals surface area contributed by atoms with Gasteiger partial charge < -0.3 is 25.0 Å². The Morgan fingerprint density at radius 3 is 2.06 bits per heavy atom. The first kappa shape index (κ1) is 31.9. The van der Waals surface area contributed by atoms with Crippen LogP contribution in [-0.2, 0) is 33.7 Å². The molecule has 8 heteroatoms. The van der Waals surface area contributed by atoms with E-state index in [2.05, 4.69) is 34.9 Å². The summed E-state index contributed by atoms with van der Waals surface area (Å²) in [4.78, 5) is 42.0. The van der Waals surface area contributed by atoms with Gasteiger partial charge in [-0.1, -0.05) is 103 Å². The van der Waals surface area contributed by atoms with Crippen LogP contribution < -0.4 is 10.6 Å². The SMILES string of the molecule is CC(C)(C)OC(=O)N[C@H]1Cc2ccccc2CN(C[C@@H](Cc2ccccc2)NC(=O)OCC2c3ccccc3-c3ccccc32)C1=O. The van der Waals surface area contributed by atoms with Crippen LogP contribution in [0.15, 0.2) is 103 Å². The maximum absolute atomic E-state index is 14.0. The summed E-state index contributed by atoms with van der Waals surface area (Å²) in [6.45, 7) is 6.11. The molecule has 0 unspecified atom stereocenters. The molecule has 1 heterocycles. The molecule has 8 nitrogen and oxygen atoms in total. The summed E-state index contributed by atoms with van der Waals surface area (Å²) in [6.07, 6.45) is -0.360. The second-order valence-electron chi connectivity index (χ2n) is 13.2. The molecule has 0 radical (unpaired) electrons. The molecule has 1 aliphatic heterocycles. The Hall–Kier alpha value is -5.11. The van der Waals surface area contributed by atoms with Crippen LogP contribution in [0.2, 0.25) is 0 Å². The molecule has 2 aliphatic rings. The van der Waals surface area contributed by atoms with Gasteiger partial charge in [-0.2, -0.15) is 0 Å². The number of benzene rings is 4. The van der Waals surface area contributed by atoms with Crippen molar-refractivity contribution in [3.63, 3.8) is 0 Å². The predicted octanol–water partition coefficient (Wildman–Crippen LogP) is 6.61. The Morgan fingerprint density at radius 2 is 1.40 bits per heavy atom. The highest BCUT2D eigenvalue weighted by Gasteiger charge is 2.34. The van der Waals surface area contributed by atoms with Crippen molar-refractivity contribution in [2.45, 2.75) is 63.8 Å². The molecule has 0 saturated carbocycles. The van der Waals surface area contributed by atoms with Gasteiger partial charge in [0.05, 0.1) is 6.04 Å². The first-order valence-corrected chi connectivity index (χ1v) is 16.1. The molecule has 1 aliphatic carbocycles. The minimum atomic E-state index is -0.819. The highest BCUT2D eigenvalue weighted by molar-refractivity contribution is 5.87. The van der Waals surface area contributed by atoms with Gasteiger partial charge >= 0.3 is 12.2 Å². The van der Waals surface area contributed by atoms with Crippen LogP contribution in [0.4, 0.5) is 9.59 Å². The highest BCUT2D eigenvalue weighted by Crippen LogP contribution is 2.44. The van der Waals surface area contributed by atoms with Crippen LogP contribution in [0.25, 0.3) is 11.1 Å². The Kier molecular flexibility index (Phi) is 9.29. The van der Waals surface area contributed by atoms with Crippen molar-refractivity contribution in [2.24, 2.45) is 0 Å². The summed E-state index contributed by atoms with van der Waals surface area (Å²) >= 11 is 0. The van der Waals surface area contributed by atoms with Gasteiger partial charge in [-0.25, -0.2) is 9.59 Å². The lowest BCUT2D eigenvalue weighted by Crippen LogP contribution is -2.53. The Balaban J connectivity index is 1.20. The molecule has 2 N–H and O–H groups in total. The van der Waals surface area contributed by atoms with Crippen molar-refractivity contribution >= 4 is 18.1 Å². The summed E-state index contributed by atoms with van der Waals surface area (Å²) in [5.74, 6) is -0.302. The van der Waals surface area contributed by atoms with Crippen LogP contribution in [0.3, 0.4) is 0 Å². The number of rotatable bonds is 8. The fourth-order valence-electron chi connectivity index (χ4n) is 6.57. The van der Waals surface area contributed by atoms with Gasteiger partial charge in [-0.05, 0) is 66.1 Å². The fourth-order valence-corrected chi connectivity index (χ4v) is 6.57. The van der Waals surface area contributed by atoms with E-state index in [0.717, 1.165) is 38.9 Å². The normalized spacial score (nSPS) is 16.3. The Bertz CT molecular complexity index is 1700. The smallest absolute Gasteiger partial charge is 0.408 e. The Morgan fingerprint density at radius 1 is 0.809 bits per heavy atom. The van der Waals surface area contributed by atoms with Crippen molar-refractivity contribution in [3.05, 3.63) is 131 Å². The number of nitrogens with zero attached hydrogens (tertiary/aromatic N) is 1. The zero-order valence-electron chi connectivity index (χ0n) is 27.1. The summed E-state index contributed by atoms with van der Waals surface area (Å²) in [7, 11) is 0. The molecule has 0 bridgehead atoms. The molecule has 0 fully saturated rings. The largest absolute Gasteiger partial charge is 0.449 e. The first-order valence-electron chi connectivity index (χ1n) is 16.1. The van der Waals surface area contributed by atoms with Gasteiger partial charge in [0.25, 0.3) is 0 Å². The second kappa shape index (κ2) is 13.7. The van der Waals surface area contributed by atoms with E-state index in [1.165, 1.54) is 0 Å². The van der Waals surface area contributed by atoms with Crippen LogP contribution in [-0.4, -0.2) is 53.8 Å². The van der Waals surface area contributed by atoms with Gasteiger partial charge in [0.1, 0.15) is 18.2 Å². The van der Waals surface area contributed by atoms with Gasteiger partial charge in [0, 0.05) is 25.4 Å². The van der Waals surface area contributed by atoms with Crippen molar-refractivity contribution in [2.75, 3.05) is 13.2 Å². The lowest BCUT2D eigenvalue weighted by molar-refractivity contribution is -0.134. The summed E-state index contributed by atoms with van der Waals surface area (Å²) in [5, 5.41) is 5.87. The summed E-state index contributed by atoms with van der Waals surface area (Å²) < 4.78 is 11.4. The first-order chi connectivity index (χ1) is 22.6. The molecule has 0 saturated heterocycles. The minimum Gasteiger partial charge on any atom is -0.449 e. The van der Waals surface area contributed by atoms with Crippen LogP contribution in [0.1, 0.15) is 54.5 Å². The lowest BCUT2D eigenvalue weighted by atomic mass is 9.98. The number of alkyl carbamates (subject to hydrolysis) is 2. The summed E-state index contributed by atoms with van der Waals surface area (Å²) in [6, 6.07) is 32.9. The van der Waals surface area contributed by atoms with Gasteiger partial charge in [0.15, 0.2) is 0 Å². The van der Waals surface area contributed by atoms with Crippen molar-refractivity contribution in [1.82, 2.24) is 15.5 Å². The zero-order chi connectivity index (χ0) is 33.0. The third kappa shape index (κ3) is 7.65. The molecule has 6 rings (SSSR count). The standard InChI is InChI=1S/C39H41N3O5/c1-39(2,3)47-38(45)41-35-22-27-15-7-8-16-28(27)23-42(36(35)43)24-29(21-26-13-5-4-6-14-26)40-37(44)46-25-34-32-19-11-9-17-30(32)31-18-10-12-20-33(31)34/h4-20,29,34-35H,21-25H2,1-3H3,(H,40,44)(H,41,45)/t29-,35+/m1/s1. The topological polar surface area (TPSA) is 97.0 Å². The Labute approximate surface area is 276 Å². The van der Waals surface area contributed by atoms with Crippen LogP contribution in [0, 0.1) is 0 Å². The summed E-state index contributed by atoms with van der Waals surface area (Å²) in [5.41, 5.74) is 6.88. The molecular weight excluding hydrogens is 590 g/mol. The quantitative estimate of drug-likeness (QED) is 0.228. The predicted molar refractivity (Wildman–Crippen MR) is 181 cm³/mol. The molecule has 47 heavy (non-hydrogen) atoms. The van der Waals surface area contributed by atoms with E-state index >= 15 is 0 Å². The molecule has 3 amide bonds. The molecule has 4 aromatic carbocycles. The number of hydrogen-bond donors (Lipinski definition) is 2. The highest BCUT2D eigenvalue weighted by atomic mass is 16.6. The van der Waals surface area contributed by atoms with E-state index in [4.69, 9.17) is 9.47 Å². The van der Waals surface area contributed by atoms with E-state index in [1.54, 1.807) is 25.7 Å². The molecule has 242 valence electrons. The fraction of sp³-hybridized carbons (Fsp3) is 0.308. The number of carbonyl (C=O) groups is 3. The number of amides is 3. The number of carbonyl (C=O) groups excluding carboxylic acids is 3. The van der Waals surface area contributed by atoms with Crippen molar-refractivity contribution in [1.29, 1.82) is 0 Å². The lowest BCUT2D eigenvalue weighted by Gasteiger charge is -2.30. The molecular formula is C39H41N3O5. The van der Waals surface area contributed by atoms with Crippen LogP contribution in [0.5, 0.6) is 0 Å². The number of nitrogens with one attached hydrogen (secondary N) is 2. The van der Waals surface area contributed by atoms with Gasteiger partial charge in [-0.15, -0.1) is 0 Å². The average molecular weight is 632 g/mol. The average Bonchev–Trinajstić information content (AvgIpc) is 3.30. The monoisotopic (exact) mass is 631 g/mol. The maximum Gasteiger partial charge on any atom is 0.408 e. The van der Waals surface area contributed by atoms with Gasteiger partial charge in [-0.3, -0.25) is 4.79 Å². The maximum atomic E-state index is 14.0. The zero-order valence-corrected chi connectivity index (χ0v) is 27.1. The minimum absolute atomic E-state index is 0.0657. The second-order valence-corrected chi connectivity index (χ2v) is 13.2. The van der Waals surface area contributed by atoms with E-state index in [9.17, 15) is 14.4 Å². The van der Waals surface area contributed by atoms with E-state index in [-0.39, 0.29) is 25.0 Å². The molecule has 2 atom stereocenters. The number of hydrogen-bond acceptors (Lipinski definition) is 5. The number of ether oxygens (including phenoxy) is 2. The molecule has 0 spiro atoms. The van der Waals surface area contributed by atoms with E-state index in [0.29, 0.717) is 19.4 Å². The number of fused-ring (bicyclic) bond motifs is 4. The van der Waals surface area contributed by atoms with E-state index in [1.807, 2.05) is 78.9 Å². The molecule has 0 aromatic heterocycles. The third-order valence-electron chi connectivity index (χ3n) is 8.64. The van der Waals surface area contributed by atoms with Crippen LogP contribution >= 0.6 is 0 Å².